The average Bonchev–Trinajstić information content (AvgIpc) is 3.41. The number of ether oxygens (including phenoxy) is 1. The number of fused-ring (bicyclic) bond motifs is 3. The Morgan fingerprint density at radius 1 is 0.892 bits per heavy atom. The molecular weight excluding hydrogens is 478 g/mol. The van der Waals surface area contributed by atoms with Gasteiger partial charge in [-0.05, 0) is 53.8 Å². The minimum atomic E-state index is -0.644. The van der Waals surface area contributed by atoms with Crippen LogP contribution in [0.3, 0.4) is 0 Å². The average molecular weight is 499 g/mol. The van der Waals surface area contributed by atoms with Gasteiger partial charge in [0.05, 0.1) is 21.5 Å². The number of hydrogen-bond donors (Lipinski definition) is 1. The predicted octanol–water partition coefficient (Wildman–Crippen LogP) is 5.37. The lowest BCUT2D eigenvalue weighted by atomic mass is 9.76. The first-order valence-corrected chi connectivity index (χ1v) is 11.6. The molecule has 0 amide bonds. The first kappa shape index (κ1) is 23.9. The van der Waals surface area contributed by atoms with E-state index in [1.807, 2.05) is 0 Å². The lowest BCUT2D eigenvalue weighted by Gasteiger charge is -2.37. The molecule has 0 unspecified atom stereocenters. The van der Waals surface area contributed by atoms with Crippen LogP contribution in [-0.2, 0) is 4.74 Å². The van der Waals surface area contributed by atoms with Crippen molar-refractivity contribution >= 4 is 28.8 Å². The van der Waals surface area contributed by atoms with Crippen molar-refractivity contribution < 1.29 is 24.2 Å². The quantitative estimate of drug-likeness (QED) is 0.150. The molecule has 10 heteroatoms. The van der Waals surface area contributed by atoms with Crippen LogP contribution < -0.4 is 5.32 Å². The van der Waals surface area contributed by atoms with Gasteiger partial charge in [0.25, 0.3) is 11.4 Å². The zero-order chi connectivity index (χ0) is 26.1. The van der Waals surface area contributed by atoms with E-state index < -0.39 is 28.2 Å². The summed E-state index contributed by atoms with van der Waals surface area (Å²) in [5.41, 5.74) is 3.17. The maximum Gasteiger partial charge on any atom is 0.338 e. The Labute approximate surface area is 210 Å². The third-order valence-electron chi connectivity index (χ3n) is 6.80. The minimum absolute atomic E-state index is 0.0382. The molecule has 1 aliphatic heterocycles. The number of esters is 1. The van der Waals surface area contributed by atoms with Crippen LogP contribution in [0.25, 0.3) is 0 Å². The molecule has 186 valence electrons. The van der Waals surface area contributed by atoms with Crippen LogP contribution in [0.15, 0.2) is 78.9 Å². The molecule has 0 fully saturated rings. The molecule has 37 heavy (non-hydrogen) atoms. The number of Topliss-reactive ketones (excluding diaryl/α,β-unsaturated/α-hetero) is 1. The van der Waals surface area contributed by atoms with Crippen LogP contribution in [0.5, 0.6) is 0 Å². The summed E-state index contributed by atoms with van der Waals surface area (Å²) < 4.78 is 5.23. The summed E-state index contributed by atoms with van der Waals surface area (Å²) in [6.07, 6.45) is 5.02. The molecule has 0 aromatic heterocycles. The summed E-state index contributed by atoms with van der Waals surface area (Å²) in [6, 6.07) is 16.8. The van der Waals surface area contributed by atoms with Crippen molar-refractivity contribution in [2.24, 2.45) is 5.92 Å². The fourth-order valence-corrected chi connectivity index (χ4v) is 4.92. The number of rotatable bonds is 7. The van der Waals surface area contributed by atoms with E-state index in [0.29, 0.717) is 5.56 Å². The van der Waals surface area contributed by atoms with Gasteiger partial charge in [0.2, 0.25) is 0 Å². The Balaban J connectivity index is 1.30. The molecule has 1 heterocycles. The van der Waals surface area contributed by atoms with Crippen LogP contribution in [0, 0.1) is 26.1 Å². The zero-order valence-corrected chi connectivity index (χ0v) is 19.4. The van der Waals surface area contributed by atoms with Crippen molar-refractivity contribution in [2.75, 3.05) is 11.9 Å². The largest absolute Gasteiger partial charge is 0.454 e. The van der Waals surface area contributed by atoms with Gasteiger partial charge < -0.3 is 10.1 Å². The topological polar surface area (TPSA) is 142 Å². The van der Waals surface area contributed by atoms with Crippen LogP contribution >= 0.6 is 0 Å². The van der Waals surface area contributed by atoms with Gasteiger partial charge in [-0.2, -0.15) is 0 Å². The van der Waals surface area contributed by atoms with E-state index in [1.54, 1.807) is 30.3 Å². The second kappa shape index (κ2) is 9.65. The summed E-state index contributed by atoms with van der Waals surface area (Å²) >= 11 is 0. The number of nitrogens with one attached hydrogen (secondary N) is 1. The fourth-order valence-electron chi connectivity index (χ4n) is 4.92. The first-order valence-electron chi connectivity index (χ1n) is 11.6. The maximum atomic E-state index is 12.7. The molecule has 1 aliphatic carbocycles. The van der Waals surface area contributed by atoms with E-state index in [-0.39, 0.29) is 34.8 Å². The lowest BCUT2D eigenvalue weighted by Crippen LogP contribution is -2.29. The van der Waals surface area contributed by atoms with Crippen molar-refractivity contribution in [1.82, 2.24) is 0 Å². The number of anilines is 1. The number of carbonyl (C=O) groups is 2. The van der Waals surface area contributed by atoms with Crippen molar-refractivity contribution in [3.8, 4) is 0 Å². The number of non-ortho nitro benzene ring substituents is 2. The Morgan fingerprint density at radius 3 is 2.16 bits per heavy atom. The number of benzene rings is 3. The van der Waals surface area contributed by atoms with Gasteiger partial charge in [0.15, 0.2) is 12.4 Å². The number of nitro benzene ring substituents is 2. The van der Waals surface area contributed by atoms with Gasteiger partial charge in [-0.1, -0.05) is 24.3 Å². The normalized spacial score (nSPS) is 19.3. The van der Waals surface area contributed by atoms with E-state index >= 15 is 0 Å². The molecule has 0 saturated heterocycles. The molecular formula is C27H21N3O7. The molecule has 10 nitrogen and oxygen atoms in total. The van der Waals surface area contributed by atoms with Gasteiger partial charge >= 0.3 is 5.97 Å². The minimum Gasteiger partial charge on any atom is -0.454 e. The fraction of sp³-hybridized carbons (Fsp3) is 0.185. The number of nitro groups is 2. The number of hydrogen-bond acceptors (Lipinski definition) is 8. The number of nitrogens with zero attached hydrogens (tertiary/aromatic N) is 2. The molecule has 3 aromatic rings. The van der Waals surface area contributed by atoms with Crippen LogP contribution in [0.2, 0.25) is 0 Å². The van der Waals surface area contributed by atoms with Gasteiger partial charge in [-0.25, -0.2) is 4.79 Å². The Bertz CT molecular complexity index is 1430. The van der Waals surface area contributed by atoms with Gasteiger partial charge in [-0.15, -0.1) is 0 Å². The Hall–Kier alpha value is -4.86. The molecule has 0 spiro atoms. The lowest BCUT2D eigenvalue weighted by molar-refractivity contribution is -0.385. The molecule has 0 saturated carbocycles. The van der Waals surface area contributed by atoms with E-state index in [4.69, 9.17) is 4.74 Å². The number of carbonyl (C=O) groups excluding carboxylic acids is 2. The van der Waals surface area contributed by atoms with E-state index in [0.717, 1.165) is 23.2 Å². The summed E-state index contributed by atoms with van der Waals surface area (Å²) in [5, 5.41) is 25.3. The SMILES string of the molecule is O=C(COC(=O)c1ccc2c(c1)[C@@H]1C=CC[C@@H]1[C@@H](c1ccc([N+](=O)[O-])cc1)N2)c1ccc([N+](=O)[O-])cc1. The smallest absolute Gasteiger partial charge is 0.338 e. The molecule has 3 atom stereocenters. The van der Waals surface area contributed by atoms with Crippen LogP contribution in [0.1, 0.15) is 50.2 Å². The Morgan fingerprint density at radius 2 is 1.51 bits per heavy atom. The third kappa shape index (κ3) is 4.68. The molecule has 1 N–H and O–H groups in total. The van der Waals surface area contributed by atoms with Gasteiger partial charge in [0, 0.05) is 41.4 Å². The van der Waals surface area contributed by atoms with E-state index in [1.165, 1.54) is 36.4 Å². The van der Waals surface area contributed by atoms with Gasteiger partial charge in [0.1, 0.15) is 0 Å². The second-order valence-corrected chi connectivity index (χ2v) is 8.93. The van der Waals surface area contributed by atoms with Gasteiger partial charge in [-0.3, -0.25) is 25.0 Å². The Kier molecular flexibility index (Phi) is 6.22. The van der Waals surface area contributed by atoms with Crippen molar-refractivity contribution in [3.05, 3.63) is 121 Å². The highest BCUT2D eigenvalue weighted by Crippen LogP contribution is 2.50. The van der Waals surface area contributed by atoms with Crippen molar-refractivity contribution in [2.45, 2.75) is 18.4 Å². The monoisotopic (exact) mass is 499 g/mol. The highest BCUT2D eigenvalue weighted by Gasteiger charge is 2.38. The second-order valence-electron chi connectivity index (χ2n) is 8.93. The van der Waals surface area contributed by atoms with E-state index in [9.17, 15) is 29.8 Å². The molecule has 0 radical (unpaired) electrons. The maximum absolute atomic E-state index is 12.7. The van der Waals surface area contributed by atoms with Crippen LogP contribution in [-0.4, -0.2) is 28.2 Å². The summed E-state index contributed by atoms with van der Waals surface area (Å²) in [5.74, 6) is -0.892. The third-order valence-corrected chi connectivity index (χ3v) is 6.80. The standard InChI is InChI=1S/C27H21N3O7/c31-25(16-4-9-19(10-5-16)29(33)34)15-37-27(32)18-8-13-24-23(14-18)21-2-1-3-22(21)26(28-24)17-6-11-20(12-7-17)30(35)36/h1-2,4-14,21-22,26,28H,3,15H2/t21-,22+,26-/m1/s1. The molecule has 0 bridgehead atoms. The predicted molar refractivity (Wildman–Crippen MR) is 134 cm³/mol. The first-order chi connectivity index (χ1) is 17.8. The number of ketones is 1. The summed E-state index contributed by atoms with van der Waals surface area (Å²) in [7, 11) is 0. The van der Waals surface area contributed by atoms with Crippen molar-refractivity contribution in [3.63, 3.8) is 0 Å². The summed E-state index contributed by atoms with van der Waals surface area (Å²) in [4.78, 5) is 45.9. The molecule has 3 aromatic carbocycles. The highest BCUT2D eigenvalue weighted by atomic mass is 16.6. The van der Waals surface area contributed by atoms with Crippen molar-refractivity contribution in [1.29, 1.82) is 0 Å². The van der Waals surface area contributed by atoms with E-state index in [2.05, 4.69) is 17.5 Å². The molecule has 5 rings (SSSR count). The number of allylic oxidation sites excluding steroid dienone is 2. The molecule has 2 aliphatic rings. The highest BCUT2D eigenvalue weighted by molar-refractivity contribution is 5.99. The summed E-state index contributed by atoms with van der Waals surface area (Å²) in [6.45, 7) is -0.486. The zero-order valence-electron chi connectivity index (χ0n) is 19.4. The van der Waals surface area contributed by atoms with Crippen LogP contribution in [0.4, 0.5) is 17.1 Å².